The third-order valence-electron chi connectivity index (χ3n) is 2.38. The van der Waals surface area contributed by atoms with Crippen LogP contribution in [-0.2, 0) is 4.74 Å². The van der Waals surface area contributed by atoms with E-state index in [2.05, 4.69) is 20.7 Å². The predicted molar refractivity (Wildman–Crippen MR) is 68.9 cm³/mol. The second kappa shape index (κ2) is 6.36. The van der Waals surface area contributed by atoms with Gasteiger partial charge in [-0.15, -0.1) is 0 Å². The van der Waals surface area contributed by atoms with E-state index in [1.54, 1.807) is 13.2 Å². The molecular formula is C11H21N5O. The zero-order valence-corrected chi connectivity index (χ0v) is 10.8. The van der Waals surface area contributed by atoms with E-state index in [1.807, 2.05) is 20.8 Å². The number of hydrogen-bond acceptors (Lipinski definition) is 6. The first kappa shape index (κ1) is 13.7. The smallest absolute Gasteiger partial charge is 0.145 e. The summed E-state index contributed by atoms with van der Waals surface area (Å²) in [5.74, 6) is 7.75. The van der Waals surface area contributed by atoms with Crippen LogP contribution in [0.2, 0.25) is 0 Å². The second-order valence-corrected chi connectivity index (χ2v) is 4.22. The van der Waals surface area contributed by atoms with Crippen LogP contribution in [0, 0.1) is 0 Å². The highest BCUT2D eigenvalue weighted by Gasteiger charge is 2.08. The largest absolute Gasteiger partial charge is 0.380 e. The van der Waals surface area contributed by atoms with Crippen molar-refractivity contribution in [3.05, 3.63) is 11.9 Å². The number of aromatic nitrogens is 2. The van der Waals surface area contributed by atoms with Gasteiger partial charge in [0.2, 0.25) is 0 Å². The Morgan fingerprint density at radius 2 is 1.94 bits per heavy atom. The first-order chi connectivity index (χ1) is 8.06. The molecule has 0 aromatic carbocycles. The highest BCUT2D eigenvalue weighted by Crippen LogP contribution is 2.16. The van der Waals surface area contributed by atoms with Crippen molar-refractivity contribution >= 4 is 11.6 Å². The van der Waals surface area contributed by atoms with E-state index in [-0.39, 0.29) is 12.0 Å². The zero-order valence-electron chi connectivity index (χ0n) is 10.8. The summed E-state index contributed by atoms with van der Waals surface area (Å²) < 4.78 is 5.16. The van der Waals surface area contributed by atoms with E-state index in [1.165, 1.54) is 0 Å². The fraction of sp³-hybridized carbons (Fsp3) is 0.636. The van der Waals surface area contributed by atoms with Gasteiger partial charge in [-0.1, -0.05) is 13.8 Å². The maximum atomic E-state index is 5.38. The van der Waals surface area contributed by atoms with Crippen molar-refractivity contribution in [2.75, 3.05) is 24.4 Å². The van der Waals surface area contributed by atoms with E-state index in [0.717, 1.165) is 11.6 Å². The van der Waals surface area contributed by atoms with Gasteiger partial charge in [-0.25, -0.2) is 15.8 Å². The van der Waals surface area contributed by atoms with Crippen molar-refractivity contribution in [1.82, 2.24) is 9.97 Å². The molecule has 96 valence electrons. The molecule has 1 atom stereocenters. The van der Waals surface area contributed by atoms with Crippen LogP contribution in [-0.4, -0.2) is 29.7 Å². The molecule has 6 nitrogen and oxygen atoms in total. The van der Waals surface area contributed by atoms with Crippen molar-refractivity contribution in [3.8, 4) is 0 Å². The van der Waals surface area contributed by atoms with E-state index in [9.17, 15) is 0 Å². The predicted octanol–water partition coefficient (Wildman–Crippen LogP) is 1.33. The van der Waals surface area contributed by atoms with Gasteiger partial charge in [-0.2, -0.15) is 0 Å². The molecule has 1 heterocycles. The van der Waals surface area contributed by atoms with Crippen LogP contribution in [0.5, 0.6) is 0 Å². The van der Waals surface area contributed by atoms with Crippen LogP contribution in [0.15, 0.2) is 6.07 Å². The molecule has 1 aromatic heterocycles. The van der Waals surface area contributed by atoms with Gasteiger partial charge < -0.3 is 15.5 Å². The molecule has 0 bridgehead atoms. The maximum absolute atomic E-state index is 5.38. The summed E-state index contributed by atoms with van der Waals surface area (Å²) in [6.07, 6.45) is 0.127. The summed E-state index contributed by atoms with van der Waals surface area (Å²) in [5, 5.41) is 3.19. The normalized spacial score (nSPS) is 12.6. The van der Waals surface area contributed by atoms with E-state index < -0.39 is 0 Å². The van der Waals surface area contributed by atoms with Crippen molar-refractivity contribution in [2.24, 2.45) is 5.84 Å². The molecule has 4 N–H and O–H groups in total. The van der Waals surface area contributed by atoms with Gasteiger partial charge in [0.25, 0.3) is 0 Å². The molecule has 0 aliphatic rings. The molecule has 0 aliphatic heterocycles. The molecule has 0 spiro atoms. The van der Waals surface area contributed by atoms with Crippen molar-refractivity contribution < 1.29 is 4.74 Å². The number of hydrazine groups is 1. The molecule has 1 aromatic rings. The molecular weight excluding hydrogens is 218 g/mol. The molecule has 6 heteroatoms. The Kier molecular flexibility index (Phi) is 5.11. The van der Waals surface area contributed by atoms with Crippen LogP contribution in [0.25, 0.3) is 0 Å². The fourth-order valence-electron chi connectivity index (χ4n) is 1.22. The summed E-state index contributed by atoms with van der Waals surface area (Å²) >= 11 is 0. The van der Waals surface area contributed by atoms with E-state index in [0.29, 0.717) is 12.4 Å². The fourth-order valence-corrected chi connectivity index (χ4v) is 1.22. The lowest BCUT2D eigenvalue weighted by Gasteiger charge is -2.13. The maximum Gasteiger partial charge on any atom is 0.145 e. The number of anilines is 2. The number of hydrogen-bond donors (Lipinski definition) is 3. The van der Waals surface area contributed by atoms with Crippen LogP contribution in [0.4, 0.5) is 11.6 Å². The number of nitrogens with two attached hydrogens (primary N) is 1. The summed E-state index contributed by atoms with van der Waals surface area (Å²) in [6.45, 7) is 6.75. The van der Waals surface area contributed by atoms with Gasteiger partial charge in [-0.05, 0) is 6.92 Å². The summed E-state index contributed by atoms with van der Waals surface area (Å²) in [5.41, 5.74) is 2.54. The molecule has 0 amide bonds. The summed E-state index contributed by atoms with van der Waals surface area (Å²) in [4.78, 5) is 8.69. The lowest BCUT2D eigenvalue weighted by Crippen LogP contribution is -2.20. The van der Waals surface area contributed by atoms with Crippen LogP contribution >= 0.6 is 0 Å². The number of nitrogen functional groups attached to an aromatic ring is 1. The third-order valence-corrected chi connectivity index (χ3v) is 2.38. The van der Waals surface area contributed by atoms with Gasteiger partial charge in [0, 0.05) is 25.6 Å². The second-order valence-electron chi connectivity index (χ2n) is 4.22. The first-order valence-electron chi connectivity index (χ1n) is 5.69. The molecule has 0 fully saturated rings. The lowest BCUT2D eigenvalue weighted by atomic mass is 10.2. The molecule has 17 heavy (non-hydrogen) atoms. The standard InChI is InChI=1S/C11H21N5O/c1-7(2)11-14-9(5-10(15-11)16-12)13-6-8(3)17-4/h5,7-8H,6,12H2,1-4H3,(H2,13,14,15,16). The van der Waals surface area contributed by atoms with Crippen molar-refractivity contribution in [2.45, 2.75) is 32.8 Å². The molecule has 0 saturated heterocycles. The minimum atomic E-state index is 0.127. The number of nitrogens with one attached hydrogen (secondary N) is 2. The van der Waals surface area contributed by atoms with Crippen molar-refractivity contribution in [1.29, 1.82) is 0 Å². The van der Waals surface area contributed by atoms with Crippen molar-refractivity contribution in [3.63, 3.8) is 0 Å². The summed E-state index contributed by atoms with van der Waals surface area (Å²) in [6, 6.07) is 1.77. The highest BCUT2D eigenvalue weighted by atomic mass is 16.5. The van der Waals surface area contributed by atoms with Crippen LogP contribution in [0.3, 0.4) is 0 Å². The lowest BCUT2D eigenvalue weighted by molar-refractivity contribution is 0.128. The quantitative estimate of drug-likeness (QED) is 0.513. The van der Waals surface area contributed by atoms with Crippen LogP contribution < -0.4 is 16.6 Å². The molecule has 1 unspecified atom stereocenters. The van der Waals surface area contributed by atoms with Gasteiger partial charge in [0.1, 0.15) is 17.5 Å². The number of rotatable bonds is 6. The van der Waals surface area contributed by atoms with Gasteiger partial charge in [0.15, 0.2) is 0 Å². The number of nitrogens with zero attached hydrogens (tertiary/aromatic N) is 2. The minimum absolute atomic E-state index is 0.127. The van der Waals surface area contributed by atoms with Gasteiger partial charge >= 0.3 is 0 Å². The minimum Gasteiger partial charge on any atom is -0.380 e. The molecule has 0 radical (unpaired) electrons. The third kappa shape index (κ3) is 4.16. The zero-order chi connectivity index (χ0) is 12.8. The Morgan fingerprint density at radius 3 is 2.47 bits per heavy atom. The first-order valence-corrected chi connectivity index (χ1v) is 5.69. The Labute approximate surface area is 102 Å². The Hall–Kier alpha value is -1.40. The Bertz CT molecular complexity index is 356. The molecule has 0 aliphatic carbocycles. The molecule has 0 saturated carbocycles. The van der Waals surface area contributed by atoms with Crippen LogP contribution in [0.1, 0.15) is 32.5 Å². The number of ether oxygens (including phenoxy) is 1. The molecule has 1 rings (SSSR count). The average molecular weight is 239 g/mol. The highest BCUT2D eigenvalue weighted by molar-refractivity contribution is 5.47. The van der Waals surface area contributed by atoms with Gasteiger partial charge in [0.05, 0.1) is 6.10 Å². The average Bonchev–Trinajstić information content (AvgIpc) is 2.35. The SMILES string of the molecule is COC(C)CNc1cc(NN)nc(C(C)C)n1. The monoisotopic (exact) mass is 239 g/mol. The summed E-state index contributed by atoms with van der Waals surface area (Å²) in [7, 11) is 1.68. The van der Waals surface area contributed by atoms with Gasteiger partial charge in [-0.3, -0.25) is 0 Å². The topological polar surface area (TPSA) is 85.1 Å². The van der Waals surface area contributed by atoms with E-state index >= 15 is 0 Å². The van der Waals surface area contributed by atoms with E-state index in [4.69, 9.17) is 10.6 Å². The number of methoxy groups -OCH3 is 1. The Morgan fingerprint density at radius 1 is 1.29 bits per heavy atom. The Balaban J connectivity index is 2.80.